The van der Waals surface area contributed by atoms with Crippen LogP contribution in [0.15, 0.2) is 24.3 Å². The Morgan fingerprint density at radius 2 is 2.13 bits per heavy atom. The number of likely N-dealkylation sites (tertiary alicyclic amines) is 1. The number of carbonyl (C=O) groups excluding carboxylic acids is 3. The minimum absolute atomic E-state index is 0.159. The first kappa shape index (κ1) is 22.1. The van der Waals surface area contributed by atoms with Crippen LogP contribution in [0.1, 0.15) is 39.0 Å². The molecular formula is C20H25FN4O4S. The van der Waals surface area contributed by atoms with Gasteiger partial charge in [0.05, 0.1) is 16.1 Å². The predicted octanol–water partition coefficient (Wildman–Crippen LogP) is 2.88. The van der Waals surface area contributed by atoms with Crippen molar-refractivity contribution in [3.8, 4) is 0 Å². The molecule has 0 unspecified atom stereocenters. The second kappa shape index (κ2) is 9.94. The molecule has 1 aromatic heterocycles. The molecule has 0 saturated carbocycles. The van der Waals surface area contributed by atoms with E-state index >= 15 is 0 Å². The Balaban J connectivity index is 1.74. The molecular weight excluding hydrogens is 411 g/mol. The Labute approximate surface area is 177 Å². The fraction of sp³-hybridized carbons (Fsp3) is 0.500. The number of aromatic nitrogens is 1. The number of unbranched alkanes of at least 4 members (excludes halogenated alkanes) is 1. The Kier molecular flexibility index (Phi) is 7.33. The predicted molar refractivity (Wildman–Crippen MR) is 111 cm³/mol. The Morgan fingerprint density at radius 1 is 1.37 bits per heavy atom. The second-order valence-corrected chi connectivity index (χ2v) is 8.32. The van der Waals surface area contributed by atoms with Gasteiger partial charge in [0.25, 0.3) is 5.91 Å². The number of hydrogen-bond acceptors (Lipinski definition) is 6. The van der Waals surface area contributed by atoms with Crippen molar-refractivity contribution < 1.29 is 24.0 Å². The zero-order chi connectivity index (χ0) is 21.7. The molecule has 3 amide bonds. The normalized spacial score (nSPS) is 18.2. The lowest BCUT2D eigenvalue weighted by molar-refractivity contribution is -0.148. The number of rotatable bonds is 8. The Bertz CT molecular complexity index is 888. The molecule has 1 aliphatic heterocycles. The van der Waals surface area contributed by atoms with Crippen LogP contribution < -0.4 is 10.8 Å². The summed E-state index contributed by atoms with van der Waals surface area (Å²) in [5, 5.41) is 12.0. The third kappa shape index (κ3) is 4.76. The number of halogens is 1. The van der Waals surface area contributed by atoms with Gasteiger partial charge in [0.1, 0.15) is 6.04 Å². The lowest BCUT2D eigenvalue weighted by Gasteiger charge is -2.29. The van der Waals surface area contributed by atoms with Crippen LogP contribution in [0.25, 0.3) is 10.2 Å². The van der Waals surface area contributed by atoms with Crippen LogP contribution in [0.5, 0.6) is 0 Å². The third-order valence-corrected chi connectivity index (χ3v) is 6.21. The maximum atomic E-state index is 14.6. The summed E-state index contributed by atoms with van der Waals surface area (Å²) in [7, 11) is 0. The van der Waals surface area contributed by atoms with E-state index in [-0.39, 0.29) is 12.3 Å². The fourth-order valence-electron chi connectivity index (χ4n) is 3.69. The largest absolute Gasteiger partial charge is 0.330 e. The number of hydroxylamine groups is 1. The molecule has 1 fully saturated rings. The van der Waals surface area contributed by atoms with Crippen LogP contribution >= 0.6 is 11.3 Å². The average Bonchev–Trinajstić information content (AvgIpc) is 3.39. The van der Waals surface area contributed by atoms with E-state index in [0.29, 0.717) is 30.9 Å². The maximum Gasteiger partial charge on any atom is 0.278 e. The summed E-state index contributed by atoms with van der Waals surface area (Å²) >= 11 is 1.34. The SMILES string of the molecule is CCCC[C@@H](C(=O)N1CCC[C@H]1C(=O)Nc1nc2ccccc2s1)[C@@H](F)C(=O)NO. The van der Waals surface area contributed by atoms with E-state index in [1.165, 1.54) is 21.7 Å². The van der Waals surface area contributed by atoms with Gasteiger partial charge in [-0.2, -0.15) is 0 Å². The molecule has 0 aliphatic carbocycles. The van der Waals surface area contributed by atoms with Crippen LogP contribution in [0.4, 0.5) is 9.52 Å². The van der Waals surface area contributed by atoms with Crippen molar-refractivity contribution in [2.45, 2.75) is 51.2 Å². The Morgan fingerprint density at radius 3 is 2.83 bits per heavy atom. The van der Waals surface area contributed by atoms with Crippen LogP contribution in [0, 0.1) is 5.92 Å². The Hall–Kier alpha value is -2.59. The van der Waals surface area contributed by atoms with Gasteiger partial charge in [-0.05, 0) is 31.4 Å². The zero-order valence-electron chi connectivity index (χ0n) is 16.6. The van der Waals surface area contributed by atoms with E-state index in [1.807, 2.05) is 31.2 Å². The molecule has 0 spiro atoms. The number of amides is 3. The molecule has 1 aliphatic rings. The number of nitrogens with one attached hydrogen (secondary N) is 2. The number of anilines is 1. The molecule has 30 heavy (non-hydrogen) atoms. The average molecular weight is 437 g/mol. The quantitative estimate of drug-likeness (QED) is 0.435. The number of hydrogen-bond donors (Lipinski definition) is 3. The minimum atomic E-state index is -2.18. The number of fused-ring (bicyclic) bond motifs is 1. The first-order chi connectivity index (χ1) is 14.5. The molecule has 2 aromatic rings. The highest BCUT2D eigenvalue weighted by atomic mass is 32.1. The number of thiazole rings is 1. The third-order valence-electron chi connectivity index (χ3n) is 5.26. The highest BCUT2D eigenvalue weighted by molar-refractivity contribution is 7.22. The van der Waals surface area contributed by atoms with Crippen LogP contribution in [0.3, 0.4) is 0 Å². The molecule has 10 heteroatoms. The van der Waals surface area contributed by atoms with E-state index in [1.54, 1.807) is 0 Å². The van der Waals surface area contributed by atoms with E-state index in [2.05, 4.69) is 10.3 Å². The summed E-state index contributed by atoms with van der Waals surface area (Å²) in [6.07, 6.45) is 0.305. The summed E-state index contributed by atoms with van der Waals surface area (Å²) < 4.78 is 15.5. The van der Waals surface area contributed by atoms with E-state index < -0.39 is 29.9 Å². The van der Waals surface area contributed by atoms with Gasteiger partial charge in [-0.25, -0.2) is 14.9 Å². The number of para-hydroxylation sites is 1. The van der Waals surface area contributed by atoms with Crippen molar-refractivity contribution >= 4 is 44.4 Å². The summed E-state index contributed by atoms with van der Waals surface area (Å²) in [5.74, 6) is -3.45. The van der Waals surface area contributed by atoms with Crippen molar-refractivity contribution in [3.05, 3.63) is 24.3 Å². The molecule has 3 N–H and O–H groups in total. The molecule has 3 rings (SSSR count). The number of alkyl halides is 1. The minimum Gasteiger partial charge on any atom is -0.330 e. The number of nitrogens with zero attached hydrogens (tertiary/aromatic N) is 2. The highest BCUT2D eigenvalue weighted by Crippen LogP contribution is 2.29. The fourth-order valence-corrected chi connectivity index (χ4v) is 4.56. The number of benzene rings is 1. The molecule has 8 nitrogen and oxygen atoms in total. The standard InChI is InChI=1S/C20H25FN4O4S/c1-2-3-7-12(16(21)18(27)24-29)19(28)25-11-6-9-14(25)17(26)23-20-22-13-8-4-5-10-15(13)30-20/h4-5,8,10,12,14,16,29H,2-3,6-7,9,11H2,1H3,(H,24,27)(H,22,23,26)/t12-,14+,16-/m1/s1. The summed E-state index contributed by atoms with van der Waals surface area (Å²) in [6.45, 7) is 2.21. The lowest BCUT2D eigenvalue weighted by atomic mass is 9.94. The second-order valence-electron chi connectivity index (χ2n) is 7.29. The topological polar surface area (TPSA) is 112 Å². The van der Waals surface area contributed by atoms with Crippen molar-refractivity contribution in [1.82, 2.24) is 15.4 Å². The first-order valence-corrected chi connectivity index (χ1v) is 10.8. The van der Waals surface area contributed by atoms with Gasteiger partial charge in [-0.1, -0.05) is 43.2 Å². The van der Waals surface area contributed by atoms with Gasteiger partial charge < -0.3 is 10.2 Å². The van der Waals surface area contributed by atoms with Gasteiger partial charge in [-0.15, -0.1) is 0 Å². The molecule has 3 atom stereocenters. The van der Waals surface area contributed by atoms with Gasteiger partial charge in [0.15, 0.2) is 11.3 Å². The molecule has 1 aromatic carbocycles. The molecule has 0 bridgehead atoms. The maximum absolute atomic E-state index is 14.6. The first-order valence-electron chi connectivity index (χ1n) is 10.0. The monoisotopic (exact) mass is 436 g/mol. The summed E-state index contributed by atoms with van der Waals surface area (Å²) in [5.41, 5.74) is 2.05. The van der Waals surface area contributed by atoms with E-state index in [4.69, 9.17) is 5.21 Å². The van der Waals surface area contributed by atoms with Crippen molar-refractivity contribution in [1.29, 1.82) is 0 Å². The van der Waals surface area contributed by atoms with Gasteiger partial charge in [-0.3, -0.25) is 19.6 Å². The van der Waals surface area contributed by atoms with Crippen LogP contribution in [-0.2, 0) is 14.4 Å². The lowest BCUT2D eigenvalue weighted by Crippen LogP contribution is -2.49. The van der Waals surface area contributed by atoms with E-state index in [0.717, 1.165) is 16.6 Å². The molecule has 1 saturated heterocycles. The van der Waals surface area contributed by atoms with Crippen molar-refractivity contribution in [2.75, 3.05) is 11.9 Å². The highest BCUT2D eigenvalue weighted by Gasteiger charge is 2.41. The van der Waals surface area contributed by atoms with Gasteiger partial charge in [0, 0.05) is 6.54 Å². The van der Waals surface area contributed by atoms with Crippen LogP contribution in [0.2, 0.25) is 0 Å². The van der Waals surface area contributed by atoms with Crippen molar-refractivity contribution in [2.24, 2.45) is 5.92 Å². The van der Waals surface area contributed by atoms with Crippen LogP contribution in [-0.4, -0.2) is 51.6 Å². The summed E-state index contributed by atoms with van der Waals surface area (Å²) in [6, 6.07) is 6.74. The number of carbonyl (C=O) groups is 3. The smallest absolute Gasteiger partial charge is 0.278 e. The molecule has 0 radical (unpaired) electrons. The molecule has 2 heterocycles. The molecule has 162 valence electrons. The summed E-state index contributed by atoms with van der Waals surface area (Å²) in [4.78, 5) is 43.2. The zero-order valence-corrected chi connectivity index (χ0v) is 17.5. The van der Waals surface area contributed by atoms with E-state index in [9.17, 15) is 18.8 Å². The van der Waals surface area contributed by atoms with Gasteiger partial charge in [0.2, 0.25) is 11.8 Å². The van der Waals surface area contributed by atoms with Gasteiger partial charge >= 0.3 is 0 Å². The van der Waals surface area contributed by atoms with Crippen molar-refractivity contribution in [3.63, 3.8) is 0 Å².